The SMILES string of the molecule is C/N=C(/C)C(=O)NC(C(=O)N1CCCC1c1cc(-c2c[nH]c3ccccc23)nc(C)n1)C1CCCCC1. The van der Waals surface area contributed by atoms with Gasteiger partial charge in [-0.2, -0.15) is 0 Å². The lowest BCUT2D eigenvalue weighted by molar-refractivity contribution is -0.138. The van der Waals surface area contributed by atoms with Crippen LogP contribution in [-0.4, -0.2) is 57.0 Å². The van der Waals surface area contributed by atoms with Gasteiger partial charge in [0, 0.05) is 36.3 Å². The lowest BCUT2D eigenvalue weighted by atomic mass is 9.83. The van der Waals surface area contributed by atoms with Crippen LogP contribution in [0.4, 0.5) is 0 Å². The van der Waals surface area contributed by atoms with Gasteiger partial charge in [0.15, 0.2) is 0 Å². The molecule has 2 unspecified atom stereocenters. The molecule has 1 saturated carbocycles. The van der Waals surface area contributed by atoms with E-state index in [2.05, 4.69) is 27.4 Å². The van der Waals surface area contributed by atoms with E-state index in [9.17, 15) is 9.59 Å². The number of carbonyl (C=O) groups excluding carboxylic acids is 2. The molecule has 3 aromatic rings. The third kappa shape index (κ3) is 5.15. The molecule has 8 nitrogen and oxygen atoms in total. The summed E-state index contributed by atoms with van der Waals surface area (Å²) in [6, 6.07) is 9.52. The molecule has 1 aliphatic carbocycles. The molecule has 0 spiro atoms. The quantitative estimate of drug-likeness (QED) is 0.477. The number of aliphatic imine (C=N–C) groups is 1. The number of aryl methyl sites for hydroxylation is 1. The van der Waals surface area contributed by atoms with Crippen LogP contribution in [0.2, 0.25) is 0 Å². The van der Waals surface area contributed by atoms with E-state index in [4.69, 9.17) is 9.97 Å². The molecule has 2 fully saturated rings. The maximum atomic E-state index is 14.1. The third-order valence-corrected chi connectivity index (χ3v) is 7.94. The number of para-hydroxylation sites is 1. The number of aromatic nitrogens is 3. The van der Waals surface area contributed by atoms with Crippen molar-refractivity contribution in [1.82, 2.24) is 25.2 Å². The van der Waals surface area contributed by atoms with Gasteiger partial charge in [-0.3, -0.25) is 14.6 Å². The number of nitrogens with zero attached hydrogens (tertiary/aromatic N) is 4. The average molecular weight is 501 g/mol. The van der Waals surface area contributed by atoms with Gasteiger partial charge in [-0.25, -0.2) is 9.97 Å². The van der Waals surface area contributed by atoms with Crippen molar-refractivity contribution >= 4 is 28.4 Å². The van der Waals surface area contributed by atoms with Crippen molar-refractivity contribution in [1.29, 1.82) is 0 Å². The number of nitrogens with one attached hydrogen (secondary N) is 2. The van der Waals surface area contributed by atoms with E-state index in [-0.39, 0.29) is 23.8 Å². The molecule has 1 aromatic carbocycles. The number of likely N-dealkylation sites (tertiary alicyclic amines) is 1. The topological polar surface area (TPSA) is 103 Å². The van der Waals surface area contributed by atoms with Gasteiger partial charge < -0.3 is 15.2 Å². The van der Waals surface area contributed by atoms with Crippen molar-refractivity contribution in [2.24, 2.45) is 10.9 Å². The van der Waals surface area contributed by atoms with Crippen LogP contribution in [0.3, 0.4) is 0 Å². The number of rotatable bonds is 6. The molecule has 194 valence electrons. The summed E-state index contributed by atoms with van der Waals surface area (Å²) in [5, 5.41) is 4.16. The normalized spacial score (nSPS) is 19.8. The molecule has 1 saturated heterocycles. The fourth-order valence-electron chi connectivity index (χ4n) is 5.90. The van der Waals surface area contributed by atoms with Gasteiger partial charge in [-0.1, -0.05) is 37.5 Å². The number of aromatic amines is 1. The van der Waals surface area contributed by atoms with E-state index in [0.29, 0.717) is 18.1 Å². The minimum absolute atomic E-state index is 0.00318. The third-order valence-electron chi connectivity index (χ3n) is 7.94. The van der Waals surface area contributed by atoms with Gasteiger partial charge in [-0.05, 0) is 57.6 Å². The molecule has 2 aliphatic rings. The van der Waals surface area contributed by atoms with Crippen LogP contribution in [0.25, 0.3) is 22.2 Å². The highest BCUT2D eigenvalue weighted by atomic mass is 16.2. The van der Waals surface area contributed by atoms with Gasteiger partial charge in [0.2, 0.25) is 5.91 Å². The second-order valence-electron chi connectivity index (χ2n) is 10.3. The predicted octanol–water partition coefficient (Wildman–Crippen LogP) is 4.75. The highest BCUT2D eigenvalue weighted by Crippen LogP contribution is 2.36. The summed E-state index contributed by atoms with van der Waals surface area (Å²) in [7, 11) is 1.60. The van der Waals surface area contributed by atoms with Crippen LogP contribution in [0.15, 0.2) is 41.5 Å². The van der Waals surface area contributed by atoms with Crippen molar-refractivity contribution in [3.05, 3.63) is 48.0 Å². The average Bonchev–Trinajstić information content (AvgIpc) is 3.59. The first-order valence-corrected chi connectivity index (χ1v) is 13.4. The zero-order valence-corrected chi connectivity index (χ0v) is 22.0. The van der Waals surface area contributed by atoms with Gasteiger partial charge in [0.25, 0.3) is 5.91 Å². The molecule has 2 amide bonds. The first-order valence-electron chi connectivity index (χ1n) is 13.4. The number of amides is 2. The van der Waals surface area contributed by atoms with Crippen molar-refractivity contribution in [2.75, 3.05) is 13.6 Å². The standard InChI is InChI=1S/C29H36N6O2/c1-18(30-3)28(36)34-27(20-10-5-4-6-11-20)29(37)35-15-9-14-26(35)25-16-24(32-19(2)33-25)22-17-31-23-13-8-7-12-21(22)23/h7-8,12-13,16-17,20,26-27,31H,4-6,9-11,14-15H2,1-3H3,(H,34,36)/b30-18-. The van der Waals surface area contributed by atoms with Gasteiger partial charge >= 0.3 is 0 Å². The molecule has 5 rings (SSSR count). The number of benzene rings is 1. The van der Waals surface area contributed by atoms with Crippen molar-refractivity contribution in [3.8, 4) is 11.3 Å². The summed E-state index contributed by atoms with van der Waals surface area (Å²) in [5.74, 6) is 0.562. The summed E-state index contributed by atoms with van der Waals surface area (Å²) in [5.41, 5.74) is 4.19. The molecule has 2 N–H and O–H groups in total. The maximum absolute atomic E-state index is 14.1. The Morgan fingerprint density at radius 2 is 1.89 bits per heavy atom. The first-order chi connectivity index (χ1) is 18.0. The van der Waals surface area contributed by atoms with Crippen LogP contribution in [0.5, 0.6) is 0 Å². The largest absolute Gasteiger partial charge is 0.360 e. The Labute approximate surface area is 218 Å². The lowest BCUT2D eigenvalue weighted by Gasteiger charge is -2.35. The van der Waals surface area contributed by atoms with Gasteiger partial charge in [-0.15, -0.1) is 0 Å². The van der Waals surface area contributed by atoms with Crippen molar-refractivity contribution in [2.45, 2.75) is 70.9 Å². The molecular formula is C29H36N6O2. The Bertz CT molecular complexity index is 1320. The highest BCUT2D eigenvalue weighted by Gasteiger charge is 2.39. The van der Waals surface area contributed by atoms with Crippen LogP contribution < -0.4 is 5.32 Å². The minimum atomic E-state index is -0.541. The van der Waals surface area contributed by atoms with Crippen LogP contribution in [0, 0.1) is 12.8 Å². The Kier molecular flexibility index (Phi) is 7.35. The van der Waals surface area contributed by atoms with Crippen molar-refractivity contribution < 1.29 is 9.59 Å². The fraction of sp³-hybridized carbons (Fsp3) is 0.483. The van der Waals surface area contributed by atoms with E-state index in [1.54, 1.807) is 14.0 Å². The molecule has 3 heterocycles. The molecule has 0 radical (unpaired) electrons. The Hall–Kier alpha value is -3.55. The lowest BCUT2D eigenvalue weighted by Crippen LogP contribution is -2.53. The summed E-state index contributed by atoms with van der Waals surface area (Å²) in [6.07, 6.45) is 9.01. The zero-order chi connectivity index (χ0) is 25.9. The molecule has 2 aromatic heterocycles. The van der Waals surface area contributed by atoms with E-state index in [1.807, 2.05) is 36.2 Å². The Morgan fingerprint density at radius 3 is 2.68 bits per heavy atom. The molecule has 8 heteroatoms. The summed E-state index contributed by atoms with van der Waals surface area (Å²) in [6.45, 7) is 4.25. The number of hydrogen-bond acceptors (Lipinski definition) is 5. The molecule has 37 heavy (non-hydrogen) atoms. The zero-order valence-electron chi connectivity index (χ0n) is 22.0. The molecular weight excluding hydrogens is 464 g/mol. The van der Waals surface area contributed by atoms with Crippen molar-refractivity contribution in [3.63, 3.8) is 0 Å². The first kappa shape index (κ1) is 25.1. The van der Waals surface area contributed by atoms with Crippen LogP contribution >= 0.6 is 0 Å². The van der Waals surface area contributed by atoms with E-state index < -0.39 is 6.04 Å². The van der Waals surface area contributed by atoms with Gasteiger partial charge in [0.05, 0.1) is 23.1 Å². The monoisotopic (exact) mass is 500 g/mol. The number of H-pyrrole nitrogens is 1. The van der Waals surface area contributed by atoms with E-state index in [0.717, 1.165) is 66.4 Å². The molecule has 1 aliphatic heterocycles. The second-order valence-corrected chi connectivity index (χ2v) is 10.3. The second kappa shape index (κ2) is 10.8. The van der Waals surface area contributed by atoms with E-state index >= 15 is 0 Å². The number of hydrogen-bond donors (Lipinski definition) is 2. The molecule has 2 atom stereocenters. The summed E-state index contributed by atoms with van der Waals surface area (Å²) >= 11 is 0. The smallest absolute Gasteiger partial charge is 0.265 e. The van der Waals surface area contributed by atoms with Gasteiger partial charge in [0.1, 0.15) is 11.9 Å². The summed E-state index contributed by atoms with van der Waals surface area (Å²) in [4.78, 5) is 45.7. The predicted molar refractivity (Wildman–Crippen MR) is 145 cm³/mol. The molecule has 0 bridgehead atoms. The highest BCUT2D eigenvalue weighted by molar-refractivity contribution is 6.38. The fourth-order valence-corrected chi connectivity index (χ4v) is 5.90. The van der Waals surface area contributed by atoms with Crippen LogP contribution in [0.1, 0.15) is 69.4 Å². The summed E-state index contributed by atoms with van der Waals surface area (Å²) < 4.78 is 0. The van der Waals surface area contributed by atoms with E-state index in [1.165, 1.54) is 6.42 Å². The number of fused-ring (bicyclic) bond motifs is 1. The Morgan fingerprint density at radius 1 is 1.11 bits per heavy atom. The maximum Gasteiger partial charge on any atom is 0.265 e. The minimum Gasteiger partial charge on any atom is -0.360 e. The number of carbonyl (C=O) groups is 2. The van der Waals surface area contributed by atoms with Crippen LogP contribution in [-0.2, 0) is 9.59 Å². The Balaban J connectivity index is 1.45.